The SMILES string of the molecule is C=N/C(=N\C=C(/C)c1ccc2nc3n(c2c1)[C@@H](c1ccccc1OC(F)F)CC3)N1C[C@H]2CC[C@@H](C1)[C@@H]2C(=O)O. The highest BCUT2D eigenvalue weighted by Gasteiger charge is 2.46. The minimum absolute atomic E-state index is 0.101. The second-order valence-electron chi connectivity index (χ2n) is 10.8. The van der Waals surface area contributed by atoms with Crippen LogP contribution in [0.3, 0.4) is 0 Å². The predicted molar refractivity (Wildman–Crippen MR) is 149 cm³/mol. The molecule has 2 aromatic carbocycles. The Kier molecular flexibility index (Phi) is 6.85. The van der Waals surface area contributed by atoms with E-state index in [1.165, 1.54) is 0 Å². The lowest BCUT2D eigenvalue weighted by molar-refractivity contribution is -0.146. The zero-order chi connectivity index (χ0) is 28.0. The minimum Gasteiger partial charge on any atom is -0.481 e. The molecule has 208 valence electrons. The molecule has 0 unspecified atom stereocenters. The number of aliphatic imine (C=N–C) groups is 2. The van der Waals surface area contributed by atoms with Crippen molar-refractivity contribution in [1.29, 1.82) is 0 Å². The Morgan fingerprint density at radius 1 is 1.18 bits per heavy atom. The average molecular weight is 548 g/mol. The number of hydrogen-bond acceptors (Lipinski definition) is 4. The highest BCUT2D eigenvalue weighted by molar-refractivity contribution is 5.87. The quantitative estimate of drug-likeness (QED) is 0.319. The summed E-state index contributed by atoms with van der Waals surface area (Å²) < 4.78 is 33.1. The summed E-state index contributed by atoms with van der Waals surface area (Å²) in [6, 6.07) is 12.8. The molecule has 8 nitrogen and oxygen atoms in total. The van der Waals surface area contributed by atoms with Crippen molar-refractivity contribution in [1.82, 2.24) is 14.5 Å². The van der Waals surface area contributed by atoms with Gasteiger partial charge in [-0.1, -0.05) is 24.3 Å². The number of aryl methyl sites for hydroxylation is 1. The van der Waals surface area contributed by atoms with Gasteiger partial charge in [0.2, 0.25) is 5.96 Å². The van der Waals surface area contributed by atoms with Gasteiger partial charge in [0, 0.05) is 31.3 Å². The number of likely N-dealkylation sites (tertiary alicyclic amines) is 1. The third-order valence-corrected chi connectivity index (χ3v) is 8.58. The van der Waals surface area contributed by atoms with Crippen molar-refractivity contribution in [3.8, 4) is 5.75 Å². The molecule has 4 atom stereocenters. The number of aromatic nitrogens is 2. The predicted octanol–water partition coefficient (Wildman–Crippen LogP) is 5.63. The number of halogens is 2. The number of alkyl halides is 2. The third kappa shape index (κ3) is 4.65. The third-order valence-electron chi connectivity index (χ3n) is 8.58. The van der Waals surface area contributed by atoms with Crippen LogP contribution in [0.4, 0.5) is 8.78 Å². The summed E-state index contributed by atoms with van der Waals surface area (Å²) in [7, 11) is 0. The molecule has 1 aliphatic carbocycles. The van der Waals surface area contributed by atoms with Crippen molar-refractivity contribution in [3.05, 3.63) is 65.6 Å². The maximum atomic E-state index is 13.1. The molecule has 0 radical (unpaired) electrons. The van der Waals surface area contributed by atoms with Crippen LogP contribution in [0.25, 0.3) is 16.6 Å². The van der Waals surface area contributed by atoms with E-state index >= 15 is 0 Å². The van der Waals surface area contributed by atoms with Crippen LogP contribution in [0.2, 0.25) is 0 Å². The number of piperidine rings is 1. The Morgan fingerprint density at radius 2 is 1.93 bits per heavy atom. The average Bonchev–Trinajstić information content (AvgIpc) is 3.58. The number of fused-ring (bicyclic) bond motifs is 5. The van der Waals surface area contributed by atoms with E-state index in [1.807, 2.05) is 31.2 Å². The molecule has 2 fully saturated rings. The lowest BCUT2D eigenvalue weighted by Gasteiger charge is -2.36. The summed E-state index contributed by atoms with van der Waals surface area (Å²) >= 11 is 0. The summed E-state index contributed by atoms with van der Waals surface area (Å²) in [6.45, 7) is 4.02. The van der Waals surface area contributed by atoms with Gasteiger partial charge in [-0.15, -0.1) is 0 Å². The van der Waals surface area contributed by atoms with Crippen molar-refractivity contribution < 1.29 is 23.4 Å². The van der Waals surface area contributed by atoms with Crippen LogP contribution in [0.15, 0.2) is 58.6 Å². The fourth-order valence-corrected chi connectivity index (χ4v) is 6.80. The molecule has 2 bridgehead atoms. The molecular weight excluding hydrogens is 516 g/mol. The smallest absolute Gasteiger partial charge is 0.387 e. The Hall–Kier alpha value is -4.08. The second-order valence-corrected chi connectivity index (χ2v) is 10.8. The van der Waals surface area contributed by atoms with Gasteiger partial charge in [-0.2, -0.15) is 8.78 Å². The first-order valence-electron chi connectivity index (χ1n) is 13.6. The Bertz CT molecular complexity index is 1520. The molecule has 2 aliphatic heterocycles. The summed E-state index contributed by atoms with van der Waals surface area (Å²) in [6.07, 6.45) is 5.08. The van der Waals surface area contributed by atoms with Gasteiger partial charge in [-0.05, 0) is 74.1 Å². The van der Waals surface area contributed by atoms with Crippen LogP contribution in [0, 0.1) is 17.8 Å². The number of nitrogens with zero attached hydrogens (tertiary/aromatic N) is 5. The normalized spacial score (nSPS) is 24.6. The number of hydrogen-bond donors (Lipinski definition) is 1. The molecule has 3 aromatic rings. The number of ether oxygens (including phenoxy) is 1. The minimum atomic E-state index is -2.89. The number of imidazole rings is 1. The molecule has 40 heavy (non-hydrogen) atoms. The number of allylic oxidation sites excluding steroid dienone is 1. The number of aliphatic carboxylic acids is 1. The fraction of sp³-hybridized carbons (Fsp3) is 0.400. The number of carboxylic acids is 1. The van der Waals surface area contributed by atoms with E-state index in [-0.39, 0.29) is 29.5 Å². The summed E-state index contributed by atoms with van der Waals surface area (Å²) in [5, 5.41) is 9.61. The molecule has 1 saturated heterocycles. The summed E-state index contributed by atoms with van der Waals surface area (Å²) in [4.78, 5) is 27.4. The Labute approximate surface area is 230 Å². The van der Waals surface area contributed by atoms with E-state index in [2.05, 4.69) is 32.2 Å². The van der Waals surface area contributed by atoms with Gasteiger partial charge in [-0.25, -0.2) is 15.0 Å². The van der Waals surface area contributed by atoms with Crippen molar-refractivity contribution >= 4 is 35.3 Å². The van der Waals surface area contributed by atoms with Crippen LogP contribution in [-0.4, -0.2) is 57.9 Å². The fourth-order valence-electron chi connectivity index (χ4n) is 6.80. The molecule has 10 heteroatoms. The first-order valence-corrected chi connectivity index (χ1v) is 13.6. The van der Waals surface area contributed by atoms with Crippen LogP contribution in [0.1, 0.15) is 49.2 Å². The highest BCUT2D eigenvalue weighted by Crippen LogP contribution is 2.42. The number of para-hydroxylation sites is 1. The van der Waals surface area contributed by atoms with E-state index in [4.69, 9.17) is 9.72 Å². The second kappa shape index (κ2) is 10.5. The molecule has 6 rings (SSSR count). The highest BCUT2D eigenvalue weighted by atomic mass is 19.3. The van der Waals surface area contributed by atoms with E-state index < -0.39 is 12.6 Å². The van der Waals surface area contributed by atoms with E-state index in [0.29, 0.717) is 24.6 Å². The largest absolute Gasteiger partial charge is 0.481 e. The van der Waals surface area contributed by atoms with Crippen LogP contribution in [-0.2, 0) is 11.2 Å². The summed E-state index contributed by atoms with van der Waals surface area (Å²) in [5.74, 6) is 0.809. The topological polar surface area (TPSA) is 92.3 Å². The molecule has 1 aromatic heterocycles. The number of carboxylic acid groups (broad SMARTS) is 1. The first kappa shape index (κ1) is 26.2. The lowest BCUT2D eigenvalue weighted by Crippen LogP contribution is -2.46. The van der Waals surface area contributed by atoms with Gasteiger partial charge in [0.1, 0.15) is 11.6 Å². The lowest BCUT2D eigenvalue weighted by atomic mass is 9.85. The van der Waals surface area contributed by atoms with Crippen LogP contribution in [0.5, 0.6) is 5.75 Å². The van der Waals surface area contributed by atoms with E-state index in [1.54, 1.807) is 18.3 Å². The van der Waals surface area contributed by atoms with Crippen molar-refractivity contribution in [3.63, 3.8) is 0 Å². The number of rotatable bonds is 6. The molecular formula is C30H31F2N5O3. The molecule has 1 saturated carbocycles. The Morgan fingerprint density at radius 3 is 2.62 bits per heavy atom. The molecule has 1 N–H and O–H groups in total. The molecule has 3 heterocycles. The molecule has 0 amide bonds. The zero-order valence-electron chi connectivity index (χ0n) is 22.2. The van der Waals surface area contributed by atoms with Gasteiger partial charge < -0.3 is 19.3 Å². The van der Waals surface area contributed by atoms with Crippen molar-refractivity contribution in [2.45, 2.75) is 45.3 Å². The molecule has 3 aliphatic rings. The summed E-state index contributed by atoms with van der Waals surface area (Å²) in [5.41, 5.74) is 4.35. The van der Waals surface area contributed by atoms with Gasteiger partial charge >= 0.3 is 12.6 Å². The number of guanidine groups is 1. The standard InChI is InChI=1S/C30H31F2N5O3/c1-17(14-34-30(33-2)36-15-19-7-8-20(16-36)27(19)28(38)39)18-9-10-22-24(13-18)37-23(11-12-26(37)35-22)21-5-3-4-6-25(21)40-29(31)32/h3-6,9-10,13-14,19-20,23,27,29H,2,7-8,11-12,15-16H2,1H3,(H,38,39)/b17-14+,34-30+/t19-,20+,23-,27-/m1/s1. The van der Waals surface area contributed by atoms with Gasteiger partial charge in [-0.3, -0.25) is 4.79 Å². The Balaban J connectivity index is 1.28. The molecule has 0 spiro atoms. The van der Waals surface area contributed by atoms with Crippen LogP contribution < -0.4 is 4.74 Å². The van der Waals surface area contributed by atoms with Gasteiger partial charge in [0.05, 0.1) is 23.0 Å². The van der Waals surface area contributed by atoms with Crippen LogP contribution >= 0.6 is 0 Å². The number of benzene rings is 2. The van der Waals surface area contributed by atoms with Gasteiger partial charge in [0.15, 0.2) is 0 Å². The monoisotopic (exact) mass is 547 g/mol. The van der Waals surface area contributed by atoms with Gasteiger partial charge in [0.25, 0.3) is 0 Å². The zero-order valence-corrected chi connectivity index (χ0v) is 22.2. The van der Waals surface area contributed by atoms with E-state index in [0.717, 1.165) is 53.7 Å². The van der Waals surface area contributed by atoms with Crippen molar-refractivity contribution in [2.24, 2.45) is 27.7 Å². The first-order chi connectivity index (χ1) is 19.3. The van der Waals surface area contributed by atoms with Crippen molar-refractivity contribution in [2.75, 3.05) is 13.1 Å². The maximum Gasteiger partial charge on any atom is 0.387 e. The van der Waals surface area contributed by atoms with E-state index in [9.17, 15) is 18.7 Å². The maximum absolute atomic E-state index is 13.1. The number of carbonyl (C=O) groups is 1.